The first-order valence-electron chi connectivity index (χ1n) is 6.33. The van der Waals surface area contributed by atoms with Crippen molar-refractivity contribution in [2.24, 2.45) is 5.73 Å². The van der Waals surface area contributed by atoms with Crippen molar-refractivity contribution in [3.8, 4) is 17.9 Å². The van der Waals surface area contributed by atoms with Gasteiger partial charge in [0.2, 0.25) is 10.0 Å². The minimum Gasteiger partial charge on any atom is -0.320 e. The average Bonchev–Trinajstić information content (AvgIpc) is 2.46. The van der Waals surface area contributed by atoms with Crippen molar-refractivity contribution in [1.29, 1.82) is 5.26 Å². The first-order valence-corrected chi connectivity index (χ1v) is 7.77. The van der Waals surface area contributed by atoms with Gasteiger partial charge in [-0.05, 0) is 18.2 Å². The van der Waals surface area contributed by atoms with Crippen LogP contribution in [0.15, 0.2) is 23.1 Å². The van der Waals surface area contributed by atoms with E-state index in [1.54, 1.807) is 6.92 Å². The Hall–Kier alpha value is -1.93. The molecule has 2 N–H and O–H groups in total. The molecule has 0 radical (unpaired) electrons. The summed E-state index contributed by atoms with van der Waals surface area (Å²) in [5, 5.41) is 8.55. The topological polar surface area (TPSA) is 87.2 Å². The first kappa shape index (κ1) is 17.1. The van der Waals surface area contributed by atoms with Crippen LogP contribution in [0, 0.1) is 29.0 Å². The van der Waals surface area contributed by atoms with Crippen molar-refractivity contribution in [2.45, 2.75) is 18.2 Å². The molecule has 0 spiro atoms. The second-order valence-corrected chi connectivity index (χ2v) is 5.99. The number of benzene rings is 1. The normalized spacial score (nSPS) is 10.8. The minimum atomic E-state index is -3.81. The number of nitriles is 1. The molecular formula is C14H16FN3O2S. The molecule has 1 rings (SSSR count). The first-order chi connectivity index (χ1) is 9.97. The van der Waals surface area contributed by atoms with Gasteiger partial charge < -0.3 is 5.73 Å². The van der Waals surface area contributed by atoms with E-state index in [1.807, 2.05) is 6.07 Å². The van der Waals surface area contributed by atoms with Gasteiger partial charge in [-0.15, -0.1) is 0 Å². The van der Waals surface area contributed by atoms with Gasteiger partial charge in [-0.25, -0.2) is 12.8 Å². The fraction of sp³-hybridized carbons (Fsp3) is 0.357. The lowest BCUT2D eigenvalue weighted by molar-refractivity contribution is 0.434. The molecule has 0 heterocycles. The molecule has 5 nitrogen and oxygen atoms in total. The molecule has 0 saturated heterocycles. The van der Waals surface area contributed by atoms with Gasteiger partial charge in [-0.3, -0.25) is 0 Å². The van der Waals surface area contributed by atoms with Crippen LogP contribution in [0.4, 0.5) is 4.39 Å². The Morgan fingerprint density at radius 1 is 1.43 bits per heavy atom. The van der Waals surface area contributed by atoms with Crippen LogP contribution in [0.3, 0.4) is 0 Å². The zero-order valence-corrected chi connectivity index (χ0v) is 12.5. The summed E-state index contributed by atoms with van der Waals surface area (Å²) in [5.41, 5.74) is 5.30. The Morgan fingerprint density at radius 2 is 2.14 bits per heavy atom. The summed E-state index contributed by atoms with van der Waals surface area (Å²) in [6, 6.07) is 5.43. The van der Waals surface area contributed by atoms with Crippen LogP contribution < -0.4 is 5.73 Å². The maximum atomic E-state index is 13.8. The lowest BCUT2D eigenvalue weighted by Gasteiger charge is -2.19. The third kappa shape index (κ3) is 4.27. The molecule has 112 valence electrons. The third-order valence-electron chi connectivity index (χ3n) is 2.73. The molecule has 0 aromatic heterocycles. The van der Waals surface area contributed by atoms with Gasteiger partial charge in [0.1, 0.15) is 5.82 Å². The molecule has 1 aromatic carbocycles. The van der Waals surface area contributed by atoms with E-state index in [2.05, 4.69) is 11.8 Å². The standard InChI is InChI=1S/C14H16FN3O2S/c1-2-18(10-4-9-17)21(19,20)13-7-6-12(5-3-8-16)14(15)11-13/h6-7,11H,2,4,8,10,16H2,1H3. The van der Waals surface area contributed by atoms with Crippen LogP contribution in [0.5, 0.6) is 0 Å². The van der Waals surface area contributed by atoms with Crippen molar-refractivity contribution < 1.29 is 12.8 Å². The predicted molar refractivity (Wildman–Crippen MR) is 77.0 cm³/mol. The Morgan fingerprint density at radius 3 is 2.67 bits per heavy atom. The summed E-state index contributed by atoms with van der Waals surface area (Å²) >= 11 is 0. The van der Waals surface area contributed by atoms with Gasteiger partial charge in [0.15, 0.2) is 0 Å². The van der Waals surface area contributed by atoms with Crippen LogP contribution in [-0.2, 0) is 10.0 Å². The van der Waals surface area contributed by atoms with E-state index < -0.39 is 15.8 Å². The van der Waals surface area contributed by atoms with Gasteiger partial charge >= 0.3 is 0 Å². The largest absolute Gasteiger partial charge is 0.320 e. The molecule has 0 aliphatic rings. The quantitative estimate of drug-likeness (QED) is 0.824. The van der Waals surface area contributed by atoms with E-state index in [-0.39, 0.29) is 36.5 Å². The van der Waals surface area contributed by atoms with Crippen LogP contribution >= 0.6 is 0 Å². The second-order valence-electron chi connectivity index (χ2n) is 4.05. The van der Waals surface area contributed by atoms with Crippen molar-refractivity contribution in [1.82, 2.24) is 4.31 Å². The minimum absolute atomic E-state index is 0.0751. The van der Waals surface area contributed by atoms with E-state index in [1.165, 1.54) is 12.1 Å². The van der Waals surface area contributed by atoms with Crippen molar-refractivity contribution >= 4 is 10.0 Å². The number of sulfonamides is 1. The fourth-order valence-corrected chi connectivity index (χ4v) is 3.14. The molecular weight excluding hydrogens is 293 g/mol. The Bertz CT molecular complexity index is 699. The highest BCUT2D eigenvalue weighted by Gasteiger charge is 2.23. The zero-order valence-electron chi connectivity index (χ0n) is 11.6. The van der Waals surface area contributed by atoms with Gasteiger partial charge in [-0.2, -0.15) is 9.57 Å². The maximum Gasteiger partial charge on any atom is 0.243 e. The van der Waals surface area contributed by atoms with Gasteiger partial charge in [-0.1, -0.05) is 18.8 Å². The predicted octanol–water partition coefficient (Wildman–Crippen LogP) is 1.06. The molecule has 0 aliphatic carbocycles. The van der Waals surface area contributed by atoms with Gasteiger partial charge in [0.25, 0.3) is 0 Å². The summed E-state index contributed by atoms with van der Waals surface area (Å²) in [6.07, 6.45) is 0.0790. The van der Waals surface area contributed by atoms with E-state index in [0.717, 1.165) is 10.4 Å². The number of nitrogens with two attached hydrogens (primary N) is 1. The van der Waals surface area contributed by atoms with E-state index >= 15 is 0 Å². The molecule has 0 amide bonds. The smallest absolute Gasteiger partial charge is 0.243 e. The summed E-state index contributed by atoms with van der Waals surface area (Å²) < 4.78 is 39.7. The van der Waals surface area contributed by atoms with Crippen LogP contribution in [0.2, 0.25) is 0 Å². The molecule has 0 aliphatic heterocycles. The number of rotatable bonds is 5. The van der Waals surface area contributed by atoms with Crippen LogP contribution in [0.1, 0.15) is 18.9 Å². The Kier molecular flexibility index (Phi) is 6.32. The number of hydrogen-bond donors (Lipinski definition) is 1. The highest BCUT2D eigenvalue weighted by Crippen LogP contribution is 2.19. The molecule has 0 saturated carbocycles. The molecule has 1 aromatic rings. The van der Waals surface area contributed by atoms with E-state index in [9.17, 15) is 12.8 Å². The van der Waals surface area contributed by atoms with Crippen LogP contribution in [-0.4, -0.2) is 32.4 Å². The summed E-state index contributed by atoms with van der Waals surface area (Å²) in [6.45, 7) is 2.04. The fourth-order valence-electron chi connectivity index (χ4n) is 1.68. The molecule has 0 fully saturated rings. The summed E-state index contributed by atoms with van der Waals surface area (Å²) in [5.74, 6) is 4.32. The SMILES string of the molecule is CCN(CCC#N)S(=O)(=O)c1ccc(C#CCN)c(F)c1. The maximum absolute atomic E-state index is 13.8. The highest BCUT2D eigenvalue weighted by molar-refractivity contribution is 7.89. The van der Waals surface area contributed by atoms with Crippen LogP contribution in [0.25, 0.3) is 0 Å². The number of halogens is 1. The monoisotopic (exact) mass is 309 g/mol. The Balaban J connectivity index is 3.14. The van der Waals surface area contributed by atoms with Crippen molar-refractivity contribution in [3.05, 3.63) is 29.6 Å². The lowest BCUT2D eigenvalue weighted by Crippen LogP contribution is -2.31. The number of hydrogen-bond acceptors (Lipinski definition) is 4. The number of nitrogens with zero attached hydrogens (tertiary/aromatic N) is 2. The third-order valence-corrected chi connectivity index (χ3v) is 4.70. The average molecular weight is 309 g/mol. The highest BCUT2D eigenvalue weighted by atomic mass is 32.2. The summed E-state index contributed by atoms with van der Waals surface area (Å²) in [4.78, 5) is -0.155. The molecule has 0 unspecified atom stereocenters. The van der Waals surface area contributed by atoms with E-state index in [0.29, 0.717) is 0 Å². The van der Waals surface area contributed by atoms with E-state index in [4.69, 9.17) is 11.0 Å². The molecule has 0 atom stereocenters. The van der Waals surface area contributed by atoms with Gasteiger partial charge in [0.05, 0.1) is 23.1 Å². The molecule has 21 heavy (non-hydrogen) atoms. The van der Waals surface area contributed by atoms with Crippen molar-refractivity contribution in [2.75, 3.05) is 19.6 Å². The lowest BCUT2D eigenvalue weighted by atomic mass is 10.2. The molecule has 7 heteroatoms. The molecule has 0 bridgehead atoms. The zero-order chi connectivity index (χ0) is 15.9. The van der Waals surface area contributed by atoms with Gasteiger partial charge in [0, 0.05) is 19.5 Å². The Labute approximate surface area is 124 Å². The summed E-state index contributed by atoms with van der Waals surface area (Å²) in [7, 11) is -3.81. The van der Waals surface area contributed by atoms with Crippen molar-refractivity contribution in [3.63, 3.8) is 0 Å². The second kappa shape index (κ2) is 7.75.